The van der Waals surface area contributed by atoms with Gasteiger partial charge >= 0.3 is 0 Å². The molecule has 4 rings (SSSR count). The van der Waals surface area contributed by atoms with Gasteiger partial charge in [-0.3, -0.25) is 9.59 Å². The minimum Gasteiger partial charge on any atom is -0.338 e. The lowest BCUT2D eigenvalue weighted by atomic mass is 10.0. The SMILES string of the molecule is Cc1nn(-c2ccc(C#N)c(Cl)c2)c(C)c1Cc1ccc(C(=O)N2CCC(=O)CC2)cc1. The second-order valence-electron chi connectivity index (χ2n) is 8.04. The van der Waals surface area contributed by atoms with Gasteiger partial charge < -0.3 is 4.90 Å². The lowest BCUT2D eigenvalue weighted by molar-refractivity contribution is -0.120. The van der Waals surface area contributed by atoms with Crippen LogP contribution in [0.2, 0.25) is 5.02 Å². The van der Waals surface area contributed by atoms with E-state index in [1.54, 1.807) is 17.0 Å². The molecule has 7 heteroatoms. The molecule has 0 atom stereocenters. The van der Waals surface area contributed by atoms with Gasteiger partial charge in [0.25, 0.3) is 5.91 Å². The van der Waals surface area contributed by atoms with Gasteiger partial charge in [0.15, 0.2) is 0 Å². The van der Waals surface area contributed by atoms with Gasteiger partial charge in [-0.05, 0) is 49.7 Å². The van der Waals surface area contributed by atoms with Gasteiger partial charge in [0.05, 0.1) is 22.0 Å². The lowest BCUT2D eigenvalue weighted by Gasteiger charge is -2.26. The van der Waals surface area contributed by atoms with Crippen molar-refractivity contribution >= 4 is 23.3 Å². The molecule has 2 aromatic carbocycles. The summed E-state index contributed by atoms with van der Waals surface area (Å²) in [5.41, 5.74) is 5.99. The minimum atomic E-state index is -0.0260. The van der Waals surface area contributed by atoms with Gasteiger partial charge in [-0.1, -0.05) is 23.7 Å². The Bertz CT molecular complexity index is 1230. The van der Waals surface area contributed by atoms with Crippen LogP contribution < -0.4 is 0 Å². The van der Waals surface area contributed by atoms with Crippen molar-refractivity contribution in [2.45, 2.75) is 33.1 Å². The number of hydrogen-bond acceptors (Lipinski definition) is 4. The Morgan fingerprint density at radius 2 is 1.81 bits per heavy atom. The van der Waals surface area contributed by atoms with Crippen LogP contribution in [0.1, 0.15) is 51.3 Å². The van der Waals surface area contributed by atoms with Crippen molar-refractivity contribution in [2.24, 2.45) is 0 Å². The number of aromatic nitrogens is 2. The van der Waals surface area contributed by atoms with E-state index in [1.807, 2.05) is 48.9 Å². The molecule has 0 saturated carbocycles. The van der Waals surface area contributed by atoms with Crippen molar-refractivity contribution in [1.29, 1.82) is 5.26 Å². The maximum absolute atomic E-state index is 12.7. The third-order valence-electron chi connectivity index (χ3n) is 5.95. The third kappa shape index (κ3) is 4.30. The summed E-state index contributed by atoms with van der Waals surface area (Å²) in [6.07, 6.45) is 1.57. The minimum absolute atomic E-state index is 0.0260. The van der Waals surface area contributed by atoms with Gasteiger partial charge in [-0.2, -0.15) is 10.4 Å². The van der Waals surface area contributed by atoms with Gasteiger partial charge in [-0.25, -0.2) is 4.68 Å². The lowest BCUT2D eigenvalue weighted by Crippen LogP contribution is -2.38. The van der Waals surface area contributed by atoms with E-state index in [2.05, 4.69) is 11.2 Å². The zero-order valence-corrected chi connectivity index (χ0v) is 18.8. The molecule has 32 heavy (non-hydrogen) atoms. The number of piperidine rings is 1. The summed E-state index contributed by atoms with van der Waals surface area (Å²) in [4.78, 5) is 25.9. The first-order valence-electron chi connectivity index (χ1n) is 10.5. The molecule has 0 aliphatic carbocycles. The van der Waals surface area contributed by atoms with Crippen molar-refractivity contribution in [3.8, 4) is 11.8 Å². The number of nitriles is 1. The number of halogens is 1. The Morgan fingerprint density at radius 1 is 1.12 bits per heavy atom. The average molecular weight is 447 g/mol. The first-order chi connectivity index (χ1) is 15.4. The predicted molar refractivity (Wildman–Crippen MR) is 122 cm³/mol. The van der Waals surface area contributed by atoms with E-state index in [0.29, 0.717) is 48.5 Å². The van der Waals surface area contributed by atoms with E-state index in [1.165, 1.54) is 0 Å². The van der Waals surface area contributed by atoms with Gasteiger partial charge in [0.2, 0.25) is 0 Å². The summed E-state index contributed by atoms with van der Waals surface area (Å²) in [6, 6.07) is 15.0. The van der Waals surface area contributed by atoms with Crippen LogP contribution in [0.4, 0.5) is 0 Å². The van der Waals surface area contributed by atoms with E-state index in [0.717, 1.165) is 28.2 Å². The summed E-state index contributed by atoms with van der Waals surface area (Å²) >= 11 is 6.20. The standard InChI is InChI=1S/C25H23ClN4O2/c1-16-23(17(2)30(28-16)21-8-7-20(15-27)24(26)14-21)13-18-3-5-19(6-4-18)25(32)29-11-9-22(31)10-12-29/h3-8,14H,9-13H2,1-2H3. The molecule has 1 saturated heterocycles. The molecule has 0 spiro atoms. The van der Waals surface area contributed by atoms with E-state index in [9.17, 15) is 9.59 Å². The number of Topliss-reactive ketones (excluding diaryl/α,β-unsaturated/α-hetero) is 1. The number of amides is 1. The monoisotopic (exact) mass is 446 g/mol. The van der Waals surface area contributed by atoms with E-state index in [-0.39, 0.29) is 11.7 Å². The number of benzene rings is 2. The second-order valence-corrected chi connectivity index (χ2v) is 8.45. The second kappa shape index (κ2) is 8.97. The number of ketones is 1. The van der Waals surface area contributed by atoms with E-state index < -0.39 is 0 Å². The molecule has 0 unspecified atom stereocenters. The summed E-state index contributed by atoms with van der Waals surface area (Å²) in [6.45, 7) is 4.98. The van der Waals surface area contributed by atoms with Crippen LogP contribution in [0.15, 0.2) is 42.5 Å². The molecule has 0 bridgehead atoms. The highest BCUT2D eigenvalue weighted by Gasteiger charge is 2.22. The molecule has 0 N–H and O–H groups in total. The predicted octanol–water partition coefficient (Wildman–Crippen LogP) is 4.41. The van der Waals surface area contributed by atoms with E-state index >= 15 is 0 Å². The molecule has 3 aromatic rings. The highest BCUT2D eigenvalue weighted by atomic mass is 35.5. The Hall–Kier alpha value is -3.43. The fourth-order valence-electron chi connectivity index (χ4n) is 4.02. The number of carbonyl (C=O) groups excluding carboxylic acids is 2. The first-order valence-corrected chi connectivity index (χ1v) is 10.9. The van der Waals surface area contributed by atoms with Crippen molar-refractivity contribution in [3.05, 3.63) is 81.1 Å². The van der Waals surface area contributed by atoms with Crippen molar-refractivity contribution < 1.29 is 9.59 Å². The molecule has 2 heterocycles. The Morgan fingerprint density at radius 3 is 2.44 bits per heavy atom. The normalized spacial score (nSPS) is 13.8. The number of hydrogen-bond donors (Lipinski definition) is 0. The molecular formula is C25H23ClN4O2. The van der Waals surface area contributed by atoms with Crippen LogP contribution in [-0.2, 0) is 11.2 Å². The van der Waals surface area contributed by atoms with Crippen molar-refractivity contribution in [1.82, 2.24) is 14.7 Å². The summed E-state index contributed by atoms with van der Waals surface area (Å²) in [5.74, 6) is 0.195. The zero-order valence-electron chi connectivity index (χ0n) is 18.1. The average Bonchev–Trinajstić information content (AvgIpc) is 3.08. The summed E-state index contributed by atoms with van der Waals surface area (Å²) in [5, 5.41) is 14.2. The number of carbonyl (C=O) groups is 2. The molecule has 0 radical (unpaired) electrons. The van der Waals surface area contributed by atoms with E-state index in [4.69, 9.17) is 16.9 Å². The third-order valence-corrected chi connectivity index (χ3v) is 6.26. The molecule has 1 fully saturated rings. The van der Waals surface area contributed by atoms with Crippen LogP contribution in [0.25, 0.3) is 5.69 Å². The van der Waals surface area contributed by atoms with Crippen LogP contribution >= 0.6 is 11.6 Å². The Balaban J connectivity index is 1.52. The zero-order chi connectivity index (χ0) is 22.8. The van der Waals surface area contributed by atoms with Crippen LogP contribution in [0, 0.1) is 25.2 Å². The Labute approximate surface area is 192 Å². The first kappa shape index (κ1) is 21.8. The molecule has 1 aliphatic rings. The topological polar surface area (TPSA) is 79.0 Å². The quantitative estimate of drug-likeness (QED) is 0.594. The van der Waals surface area contributed by atoms with Gasteiger partial charge in [-0.15, -0.1) is 0 Å². The summed E-state index contributed by atoms with van der Waals surface area (Å²) in [7, 11) is 0. The fraction of sp³-hybridized carbons (Fsp3) is 0.280. The number of likely N-dealkylation sites (tertiary alicyclic amines) is 1. The molecule has 1 aromatic heterocycles. The maximum Gasteiger partial charge on any atom is 0.253 e. The highest BCUT2D eigenvalue weighted by molar-refractivity contribution is 6.31. The largest absolute Gasteiger partial charge is 0.338 e. The molecule has 1 aliphatic heterocycles. The number of aryl methyl sites for hydroxylation is 1. The summed E-state index contributed by atoms with van der Waals surface area (Å²) < 4.78 is 1.84. The number of nitrogens with zero attached hydrogens (tertiary/aromatic N) is 4. The van der Waals surface area contributed by atoms with Crippen LogP contribution in [0.3, 0.4) is 0 Å². The van der Waals surface area contributed by atoms with Gasteiger partial charge in [0.1, 0.15) is 11.9 Å². The molecule has 6 nitrogen and oxygen atoms in total. The van der Waals surface area contributed by atoms with Gasteiger partial charge in [0, 0.05) is 49.2 Å². The van der Waals surface area contributed by atoms with Crippen molar-refractivity contribution in [2.75, 3.05) is 13.1 Å². The van der Waals surface area contributed by atoms with Crippen LogP contribution in [-0.4, -0.2) is 39.5 Å². The fourth-order valence-corrected chi connectivity index (χ4v) is 4.24. The van der Waals surface area contributed by atoms with Crippen molar-refractivity contribution in [3.63, 3.8) is 0 Å². The smallest absolute Gasteiger partial charge is 0.253 e. The Kier molecular flexibility index (Phi) is 6.11. The molecule has 1 amide bonds. The van der Waals surface area contributed by atoms with Crippen LogP contribution in [0.5, 0.6) is 0 Å². The maximum atomic E-state index is 12.7. The number of rotatable bonds is 4. The highest BCUT2D eigenvalue weighted by Crippen LogP contribution is 2.25. The molecule has 162 valence electrons. The molecular weight excluding hydrogens is 424 g/mol.